The van der Waals surface area contributed by atoms with E-state index in [9.17, 15) is 14.5 Å². The molecule has 0 bridgehead atoms. The SMILES string of the molecule is COc1cc(NCCCOCC(C)C)c(F)cc1[N+](=O)[O-]. The molecule has 0 aliphatic heterocycles. The standard InChI is InChI=1S/C14H21FN2O4/c1-10(2)9-21-6-4-5-16-12-8-14(20-3)13(17(18)19)7-11(12)15/h7-8,10,16H,4-6,9H2,1-3H3. The summed E-state index contributed by atoms with van der Waals surface area (Å²) < 4.78 is 24.1. The minimum Gasteiger partial charge on any atom is -0.490 e. The van der Waals surface area contributed by atoms with Crippen LogP contribution in [0.2, 0.25) is 0 Å². The number of hydrogen-bond donors (Lipinski definition) is 1. The maximum atomic E-state index is 13.8. The second kappa shape index (κ2) is 8.41. The van der Waals surface area contributed by atoms with Crippen molar-refractivity contribution in [2.45, 2.75) is 20.3 Å². The molecule has 0 saturated heterocycles. The average Bonchev–Trinajstić information content (AvgIpc) is 2.43. The van der Waals surface area contributed by atoms with Crippen molar-refractivity contribution < 1.29 is 18.8 Å². The van der Waals surface area contributed by atoms with Crippen molar-refractivity contribution in [2.75, 3.05) is 32.2 Å². The fourth-order valence-electron chi connectivity index (χ4n) is 1.70. The first kappa shape index (κ1) is 17.2. The van der Waals surface area contributed by atoms with Gasteiger partial charge in [0, 0.05) is 25.8 Å². The molecule has 1 rings (SSSR count). The van der Waals surface area contributed by atoms with Crippen molar-refractivity contribution in [1.82, 2.24) is 0 Å². The van der Waals surface area contributed by atoms with Crippen molar-refractivity contribution in [3.63, 3.8) is 0 Å². The number of anilines is 1. The van der Waals surface area contributed by atoms with Gasteiger partial charge in [0.25, 0.3) is 0 Å². The van der Waals surface area contributed by atoms with Crippen LogP contribution in [0, 0.1) is 21.8 Å². The molecule has 0 spiro atoms. The van der Waals surface area contributed by atoms with Gasteiger partial charge in [-0.25, -0.2) is 4.39 Å². The van der Waals surface area contributed by atoms with Gasteiger partial charge in [-0.3, -0.25) is 10.1 Å². The van der Waals surface area contributed by atoms with E-state index in [1.165, 1.54) is 13.2 Å². The molecule has 1 aromatic carbocycles. The zero-order chi connectivity index (χ0) is 15.8. The van der Waals surface area contributed by atoms with E-state index in [-0.39, 0.29) is 17.1 Å². The lowest BCUT2D eigenvalue weighted by atomic mass is 10.2. The second-order valence-electron chi connectivity index (χ2n) is 5.01. The van der Waals surface area contributed by atoms with Crippen molar-refractivity contribution >= 4 is 11.4 Å². The molecule has 0 atom stereocenters. The predicted octanol–water partition coefficient (Wildman–Crippen LogP) is 3.22. The number of hydrogen-bond acceptors (Lipinski definition) is 5. The molecular formula is C14H21FN2O4. The van der Waals surface area contributed by atoms with Gasteiger partial charge in [0.1, 0.15) is 0 Å². The molecule has 21 heavy (non-hydrogen) atoms. The Morgan fingerprint density at radius 1 is 1.43 bits per heavy atom. The van der Waals surface area contributed by atoms with E-state index in [1.807, 2.05) is 0 Å². The Labute approximate surface area is 123 Å². The van der Waals surface area contributed by atoms with Gasteiger partial charge < -0.3 is 14.8 Å². The fraction of sp³-hybridized carbons (Fsp3) is 0.571. The Morgan fingerprint density at radius 2 is 2.14 bits per heavy atom. The Kier molecular flexibility index (Phi) is 6.87. The Morgan fingerprint density at radius 3 is 2.71 bits per heavy atom. The average molecular weight is 300 g/mol. The highest BCUT2D eigenvalue weighted by molar-refractivity contribution is 5.59. The molecule has 0 heterocycles. The quantitative estimate of drug-likeness (QED) is 0.430. The third-order valence-electron chi connectivity index (χ3n) is 2.70. The third-order valence-corrected chi connectivity index (χ3v) is 2.70. The number of nitro benzene ring substituents is 1. The van der Waals surface area contributed by atoms with Crippen molar-refractivity contribution in [1.29, 1.82) is 0 Å². The molecule has 1 aromatic rings. The Hall–Kier alpha value is -1.89. The highest BCUT2D eigenvalue weighted by atomic mass is 19.1. The van der Waals surface area contributed by atoms with Gasteiger partial charge in [-0.05, 0) is 12.3 Å². The van der Waals surface area contributed by atoms with Crippen LogP contribution in [0.15, 0.2) is 12.1 Å². The molecular weight excluding hydrogens is 279 g/mol. The summed E-state index contributed by atoms with van der Waals surface area (Å²) in [5.41, 5.74) is -0.206. The molecule has 7 heteroatoms. The van der Waals surface area contributed by atoms with Gasteiger partial charge in [0.2, 0.25) is 0 Å². The van der Waals surface area contributed by atoms with Crippen LogP contribution in [-0.4, -0.2) is 31.8 Å². The molecule has 0 aromatic heterocycles. The first-order valence-corrected chi connectivity index (χ1v) is 6.79. The van der Waals surface area contributed by atoms with Gasteiger partial charge in [-0.1, -0.05) is 13.8 Å². The maximum absolute atomic E-state index is 13.8. The normalized spacial score (nSPS) is 10.7. The summed E-state index contributed by atoms with van der Waals surface area (Å²) in [6.45, 7) is 5.92. The molecule has 6 nitrogen and oxygen atoms in total. The smallest absolute Gasteiger partial charge is 0.313 e. The van der Waals surface area contributed by atoms with Gasteiger partial charge in [0.05, 0.1) is 23.8 Å². The van der Waals surface area contributed by atoms with Gasteiger partial charge in [-0.2, -0.15) is 0 Å². The van der Waals surface area contributed by atoms with Crippen LogP contribution in [0.5, 0.6) is 5.75 Å². The summed E-state index contributed by atoms with van der Waals surface area (Å²) >= 11 is 0. The number of rotatable bonds is 9. The molecule has 0 unspecified atom stereocenters. The molecule has 1 N–H and O–H groups in total. The lowest BCUT2D eigenvalue weighted by Gasteiger charge is -2.10. The Balaban J connectivity index is 2.54. The van der Waals surface area contributed by atoms with Crippen molar-refractivity contribution in [2.24, 2.45) is 5.92 Å². The monoisotopic (exact) mass is 300 g/mol. The van der Waals surface area contributed by atoms with E-state index in [1.54, 1.807) is 0 Å². The van der Waals surface area contributed by atoms with Crippen molar-refractivity contribution in [3.05, 3.63) is 28.1 Å². The summed E-state index contributed by atoms with van der Waals surface area (Å²) in [6, 6.07) is 2.15. The van der Waals surface area contributed by atoms with Gasteiger partial charge in [0.15, 0.2) is 11.6 Å². The second-order valence-corrected chi connectivity index (χ2v) is 5.01. The highest BCUT2D eigenvalue weighted by Gasteiger charge is 2.18. The molecule has 0 amide bonds. The molecule has 118 valence electrons. The van der Waals surface area contributed by atoms with Crippen LogP contribution in [0.1, 0.15) is 20.3 Å². The predicted molar refractivity (Wildman–Crippen MR) is 78.4 cm³/mol. The van der Waals surface area contributed by atoms with E-state index in [0.717, 1.165) is 6.07 Å². The summed E-state index contributed by atoms with van der Waals surface area (Å²) in [4.78, 5) is 10.1. The van der Waals surface area contributed by atoms with Crippen LogP contribution in [0.4, 0.5) is 15.8 Å². The minimum atomic E-state index is -0.675. The third kappa shape index (κ3) is 5.55. The van der Waals surface area contributed by atoms with E-state index in [4.69, 9.17) is 9.47 Å². The number of nitrogens with one attached hydrogen (secondary N) is 1. The summed E-state index contributed by atoms with van der Waals surface area (Å²) in [5, 5.41) is 13.6. The zero-order valence-corrected chi connectivity index (χ0v) is 12.5. The molecule has 0 saturated carbocycles. The molecule has 0 radical (unpaired) electrons. The van der Waals surface area contributed by atoms with E-state index in [2.05, 4.69) is 19.2 Å². The number of benzene rings is 1. The van der Waals surface area contributed by atoms with Crippen LogP contribution >= 0.6 is 0 Å². The fourth-order valence-corrected chi connectivity index (χ4v) is 1.70. The first-order valence-electron chi connectivity index (χ1n) is 6.79. The van der Waals surface area contributed by atoms with Crippen LogP contribution in [0.25, 0.3) is 0 Å². The number of ether oxygens (including phenoxy) is 2. The number of halogens is 1. The number of nitro groups is 1. The van der Waals surface area contributed by atoms with Crippen LogP contribution in [0.3, 0.4) is 0 Å². The minimum absolute atomic E-state index is 0.0277. The van der Waals surface area contributed by atoms with E-state index >= 15 is 0 Å². The van der Waals surface area contributed by atoms with Crippen LogP contribution < -0.4 is 10.1 Å². The highest BCUT2D eigenvalue weighted by Crippen LogP contribution is 2.32. The van der Waals surface area contributed by atoms with Gasteiger partial charge >= 0.3 is 5.69 Å². The van der Waals surface area contributed by atoms with E-state index < -0.39 is 10.7 Å². The molecule has 0 aliphatic carbocycles. The zero-order valence-electron chi connectivity index (χ0n) is 12.5. The molecule has 0 aliphatic rings. The lowest BCUT2D eigenvalue weighted by molar-refractivity contribution is -0.385. The maximum Gasteiger partial charge on any atom is 0.313 e. The number of methoxy groups -OCH3 is 1. The van der Waals surface area contributed by atoms with E-state index in [0.29, 0.717) is 32.1 Å². The van der Waals surface area contributed by atoms with Gasteiger partial charge in [-0.15, -0.1) is 0 Å². The summed E-state index contributed by atoms with van der Waals surface area (Å²) in [7, 11) is 1.31. The topological polar surface area (TPSA) is 73.6 Å². The van der Waals surface area contributed by atoms with Crippen LogP contribution in [-0.2, 0) is 4.74 Å². The summed E-state index contributed by atoms with van der Waals surface area (Å²) in [6.07, 6.45) is 0.714. The summed E-state index contributed by atoms with van der Waals surface area (Å²) in [5.74, 6) is -0.167. The Bertz CT molecular complexity index is 480. The first-order chi connectivity index (χ1) is 9.95. The largest absolute Gasteiger partial charge is 0.490 e. The number of nitrogens with zero attached hydrogens (tertiary/aromatic N) is 1. The van der Waals surface area contributed by atoms with Crippen molar-refractivity contribution in [3.8, 4) is 5.75 Å². The molecule has 0 fully saturated rings. The lowest BCUT2D eigenvalue weighted by Crippen LogP contribution is -2.09.